The summed E-state index contributed by atoms with van der Waals surface area (Å²) in [5, 5.41) is 16.3. The van der Waals surface area contributed by atoms with Crippen molar-refractivity contribution in [2.24, 2.45) is 10.8 Å². The van der Waals surface area contributed by atoms with E-state index in [0.717, 1.165) is 75.2 Å². The van der Waals surface area contributed by atoms with Crippen molar-refractivity contribution in [2.75, 3.05) is 0 Å². The minimum Gasteiger partial charge on any atom is -0.512 e. The molecule has 0 amide bonds. The molecule has 0 aliphatic rings. The van der Waals surface area contributed by atoms with Crippen LogP contribution >= 0.6 is 11.3 Å². The second-order valence-electron chi connectivity index (χ2n) is 14.2. The number of ketones is 1. The maximum atomic E-state index is 12.2. The molecule has 0 aliphatic carbocycles. The number of hydrogen-bond acceptors (Lipinski definition) is 7. The number of hydrogen-bond donors (Lipinski definition) is 1. The Labute approximate surface area is 301 Å². The fourth-order valence-corrected chi connectivity index (χ4v) is 6.99. The Morgan fingerprint density at radius 3 is 2.25 bits per heavy atom. The fourth-order valence-electron chi connectivity index (χ4n) is 5.92. The number of aryl methyl sites for hydroxylation is 1. The molecule has 0 bridgehead atoms. The number of thiophene rings is 1. The molecule has 4 heterocycles. The molecule has 1 radical (unpaired) electrons. The average molecular weight is 844 g/mol. The summed E-state index contributed by atoms with van der Waals surface area (Å²) in [5.41, 5.74) is 5.76. The number of aliphatic hydroxyl groups is 1. The van der Waals surface area contributed by atoms with Crippen LogP contribution < -0.4 is 0 Å². The van der Waals surface area contributed by atoms with Gasteiger partial charge in [0.15, 0.2) is 5.78 Å². The predicted molar refractivity (Wildman–Crippen MR) is 195 cm³/mol. The van der Waals surface area contributed by atoms with E-state index in [4.69, 9.17) is 8.83 Å². The van der Waals surface area contributed by atoms with Crippen molar-refractivity contribution in [1.29, 1.82) is 0 Å². The van der Waals surface area contributed by atoms with E-state index in [1.165, 1.54) is 16.3 Å². The molecule has 0 fully saturated rings. The summed E-state index contributed by atoms with van der Waals surface area (Å²) in [5.74, 6) is 0.286. The van der Waals surface area contributed by atoms with Crippen LogP contribution in [-0.4, -0.2) is 20.9 Å². The van der Waals surface area contributed by atoms with Crippen molar-refractivity contribution in [1.82, 2.24) is 9.97 Å². The van der Waals surface area contributed by atoms with Crippen LogP contribution in [0.2, 0.25) is 0 Å². The van der Waals surface area contributed by atoms with E-state index in [9.17, 15) is 9.90 Å². The molecule has 6 nitrogen and oxygen atoms in total. The number of allylic oxidation sites excluding steroid dienone is 2. The first kappa shape index (κ1) is 37.5. The molecule has 0 atom stereocenters. The van der Waals surface area contributed by atoms with Crippen LogP contribution in [0.5, 0.6) is 0 Å². The molecule has 4 aromatic heterocycles. The summed E-state index contributed by atoms with van der Waals surface area (Å²) >= 11 is 1.76. The number of fused-ring (bicyclic) bond motifs is 6. The number of carbonyl (C=O) groups excluding carboxylic acids is 1. The van der Waals surface area contributed by atoms with E-state index in [1.54, 1.807) is 23.9 Å². The van der Waals surface area contributed by atoms with Crippen LogP contribution in [0.1, 0.15) is 99.1 Å². The van der Waals surface area contributed by atoms with Crippen LogP contribution in [0.4, 0.5) is 0 Å². The first-order valence-corrected chi connectivity index (χ1v) is 17.5. The second kappa shape index (κ2) is 14.3. The van der Waals surface area contributed by atoms with Crippen molar-refractivity contribution in [2.45, 2.75) is 100 Å². The van der Waals surface area contributed by atoms with Gasteiger partial charge in [0, 0.05) is 53.5 Å². The van der Waals surface area contributed by atoms with E-state index < -0.39 is 0 Å². The van der Waals surface area contributed by atoms with Gasteiger partial charge in [0.25, 0.3) is 0 Å². The molecule has 0 saturated heterocycles. The third kappa shape index (κ3) is 6.77. The van der Waals surface area contributed by atoms with Gasteiger partial charge in [0.05, 0.1) is 11.6 Å². The first-order chi connectivity index (χ1) is 22.2. The predicted octanol–water partition coefficient (Wildman–Crippen LogP) is 12.1. The van der Waals surface area contributed by atoms with Gasteiger partial charge >= 0.3 is 0 Å². The van der Waals surface area contributed by atoms with Crippen LogP contribution in [0.15, 0.2) is 62.9 Å². The molecule has 6 aromatic rings. The number of aromatic nitrogens is 2. The molecular formula is C40H47IrN2O4S-. The van der Waals surface area contributed by atoms with Gasteiger partial charge in [-0.05, 0) is 65.8 Å². The van der Waals surface area contributed by atoms with Crippen LogP contribution in [0.3, 0.4) is 0 Å². The van der Waals surface area contributed by atoms with Crippen molar-refractivity contribution >= 4 is 60.2 Å². The van der Waals surface area contributed by atoms with Gasteiger partial charge in [0.1, 0.15) is 23.3 Å². The molecule has 0 spiro atoms. The smallest absolute Gasteiger partial charge is 0.223 e. The van der Waals surface area contributed by atoms with E-state index in [2.05, 4.69) is 54.3 Å². The van der Waals surface area contributed by atoms with Crippen LogP contribution in [-0.2, 0) is 30.3 Å². The zero-order valence-electron chi connectivity index (χ0n) is 29.8. The number of aliphatic hydroxyl groups excluding tert-OH is 1. The monoisotopic (exact) mass is 844 g/mol. The van der Waals surface area contributed by atoms with Crippen molar-refractivity contribution in [3.8, 4) is 11.3 Å². The maximum Gasteiger partial charge on any atom is 0.223 e. The topological polar surface area (TPSA) is 89.4 Å². The number of furan rings is 2. The standard InChI is InChI=1S/C25H19N2O2S.C15H28O2.Ir/c1-13-11-28-18-6-5-16-20-21(26-12-27-24(20)29-22(16)19(13)18)15-9-14-7-8-30-23(14)17(10-15)25(2,3)4;1-7-14(5,8-2)12(16)11-13(17)15(6,9-3)10-4;/h5-8,10-12H,1-4H3;11,16H,7-10H2,1-6H3;/q-1;;/b;12-11-;. The molecule has 6 rings (SSSR count). The Morgan fingerprint density at radius 2 is 1.62 bits per heavy atom. The van der Waals surface area contributed by atoms with Gasteiger partial charge in [-0.25, -0.2) is 4.98 Å². The second-order valence-corrected chi connectivity index (χ2v) is 15.1. The van der Waals surface area contributed by atoms with Gasteiger partial charge < -0.3 is 13.9 Å². The van der Waals surface area contributed by atoms with Crippen molar-refractivity contribution < 1.29 is 38.8 Å². The third-order valence-corrected chi connectivity index (χ3v) is 11.2. The zero-order chi connectivity index (χ0) is 34.3. The Hall–Kier alpha value is -3.32. The SMILES string of the molecule is CCC(C)(CC)C(=O)/C=C(\O)C(C)(CC)CC.Cc1coc2ccc3c(oc4ncnc(-c5[c-]c6ccsc6c(C(C)(C)C)c5)c43)c12.[Ir]. The Morgan fingerprint density at radius 1 is 0.958 bits per heavy atom. The summed E-state index contributed by atoms with van der Waals surface area (Å²) in [6.07, 6.45) is 8.09. The van der Waals surface area contributed by atoms with E-state index in [1.807, 2.05) is 60.6 Å². The number of carbonyl (C=O) groups is 1. The molecule has 257 valence electrons. The van der Waals surface area contributed by atoms with E-state index in [0.29, 0.717) is 5.71 Å². The largest absolute Gasteiger partial charge is 0.512 e. The third-order valence-electron chi connectivity index (χ3n) is 10.3. The summed E-state index contributed by atoms with van der Waals surface area (Å²) in [6.45, 7) is 20.8. The summed E-state index contributed by atoms with van der Waals surface area (Å²) in [4.78, 5) is 21.3. The normalized spacial score (nSPS) is 12.8. The number of nitrogens with zero attached hydrogens (tertiary/aromatic N) is 2. The maximum absolute atomic E-state index is 12.2. The zero-order valence-corrected chi connectivity index (χ0v) is 33.0. The quantitative estimate of drug-likeness (QED) is 0.0932. The molecular weight excluding hydrogens is 797 g/mol. The molecule has 0 aliphatic heterocycles. The summed E-state index contributed by atoms with van der Waals surface area (Å²) in [7, 11) is 0. The molecule has 0 saturated carbocycles. The molecule has 2 aromatic carbocycles. The van der Waals surface area contributed by atoms with Gasteiger partial charge in [0.2, 0.25) is 5.71 Å². The van der Waals surface area contributed by atoms with E-state index >= 15 is 0 Å². The number of benzene rings is 2. The molecule has 0 unspecified atom stereocenters. The van der Waals surface area contributed by atoms with Gasteiger partial charge in [-0.1, -0.05) is 73.4 Å². The minimum absolute atomic E-state index is 0. The summed E-state index contributed by atoms with van der Waals surface area (Å²) in [6, 6.07) is 12.0. The van der Waals surface area contributed by atoms with E-state index in [-0.39, 0.29) is 47.9 Å². The first-order valence-electron chi connectivity index (χ1n) is 16.6. The minimum atomic E-state index is -0.337. The fraction of sp³-hybridized carbons (Fsp3) is 0.425. The Bertz CT molecular complexity index is 2100. The molecule has 48 heavy (non-hydrogen) atoms. The van der Waals surface area contributed by atoms with Crippen molar-refractivity contribution in [3.63, 3.8) is 0 Å². The molecule has 8 heteroatoms. The van der Waals surface area contributed by atoms with Crippen LogP contribution in [0.25, 0.3) is 54.4 Å². The van der Waals surface area contributed by atoms with Gasteiger partial charge in [-0.15, -0.1) is 23.6 Å². The van der Waals surface area contributed by atoms with Crippen molar-refractivity contribution in [3.05, 3.63) is 71.3 Å². The Kier molecular flexibility index (Phi) is 11.1. The van der Waals surface area contributed by atoms with Gasteiger partial charge in [-0.3, -0.25) is 9.78 Å². The number of rotatable bonds is 8. The van der Waals surface area contributed by atoms with Gasteiger partial charge in [-0.2, -0.15) is 11.3 Å². The molecule has 1 N–H and O–H groups in total. The average Bonchev–Trinajstić information content (AvgIpc) is 3.79. The summed E-state index contributed by atoms with van der Waals surface area (Å²) < 4.78 is 13.2. The Balaban J connectivity index is 0.000000251. The van der Waals surface area contributed by atoms with Crippen LogP contribution in [0, 0.1) is 23.8 Å².